The van der Waals surface area contributed by atoms with Crippen LogP contribution in [0.4, 0.5) is 10.5 Å². The van der Waals surface area contributed by atoms with Crippen LogP contribution in [0, 0.1) is 20.8 Å². The normalized spacial score (nSPS) is 17.6. The highest BCUT2D eigenvalue weighted by Gasteiger charge is 2.29. The number of carbonyl (C=O) groups excluding carboxylic acids is 2. The fourth-order valence-electron chi connectivity index (χ4n) is 5.25. The molecule has 8 nitrogen and oxygen atoms in total. The minimum Gasteiger partial charge on any atom is -0.444 e. The summed E-state index contributed by atoms with van der Waals surface area (Å²) in [5, 5.41) is 5.90. The number of anilines is 1. The standard InChI is InChI=1S/C29H41BN4O4/c1-8-34(22-11-9-21(10-12-22)33-28(37)38-29(5,6)7)25-15-20(30)14-23(19(25)4)26(35)31-16-24-17(2)13-18(3)32-27(24)36/h13-15,21-22H,8-12,16H2,1-7H3,(H,31,35)(H,32,36)(H,33,37). The van der Waals surface area contributed by atoms with E-state index in [1.54, 1.807) is 6.07 Å². The Morgan fingerprint density at radius 3 is 2.34 bits per heavy atom. The maximum absolute atomic E-state index is 13.2. The topological polar surface area (TPSA) is 104 Å². The molecule has 1 aromatic heterocycles. The maximum Gasteiger partial charge on any atom is 0.407 e. The highest BCUT2D eigenvalue weighted by Crippen LogP contribution is 2.30. The lowest BCUT2D eigenvalue weighted by Gasteiger charge is -2.39. The van der Waals surface area contributed by atoms with E-state index in [0.717, 1.165) is 54.7 Å². The number of nitrogens with one attached hydrogen (secondary N) is 3. The molecule has 1 aliphatic carbocycles. The number of aromatic amines is 1. The highest BCUT2D eigenvalue weighted by molar-refractivity contribution is 6.33. The molecule has 0 aliphatic heterocycles. The minimum absolute atomic E-state index is 0.0801. The van der Waals surface area contributed by atoms with Gasteiger partial charge in [-0.25, -0.2) is 4.79 Å². The lowest BCUT2D eigenvalue weighted by atomic mass is 9.87. The molecule has 0 unspecified atom stereocenters. The van der Waals surface area contributed by atoms with Crippen LogP contribution in [-0.2, 0) is 11.3 Å². The number of H-pyrrole nitrogens is 1. The van der Waals surface area contributed by atoms with Crippen LogP contribution < -0.4 is 26.6 Å². The lowest BCUT2D eigenvalue weighted by molar-refractivity contribution is 0.0491. The first kappa shape index (κ1) is 29.3. The Kier molecular flexibility index (Phi) is 9.33. The van der Waals surface area contributed by atoms with Gasteiger partial charge in [-0.05, 0) is 97.4 Å². The van der Waals surface area contributed by atoms with Crippen LogP contribution in [-0.4, -0.2) is 49.1 Å². The van der Waals surface area contributed by atoms with Crippen LogP contribution in [0.25, 0.3) is 0 Å². The molecule has 38 heavy (non-hydrogen) atoms. The van der Waals surface area contributed by atoms with Gasteiger partial charge in [-0.3, -0.25) is 9.59 Å². The molecule has 1 fully saturated rings. The van der Waals surface area contributed by atoms with Crippen molar-refractivity contribution in [3.05, 3.63) is 56.5 Å². The monoisotopic (exact) mass is 520 g/mol. The third kappa shape index (κ3) is 7.42. The van der Waals surface area contributed by atoms with Gasteiger partial charge in [-0.15, -0.1) is 0 Å². The molecular formula is C29H41BN4O4. The van der Waals surface area contributed by atoms with E-state index in [2.05, 4.69) is 27.4 Å². The second-order valence-electron chi connectivity index (χ2n) is 11.3. The number of rotatable bonds is 7. The van der Waals surface area contributed by atoms with E-state index in [9.17, 15) is 14.4 Å². The quantitative estimate of drug-likeness (QED) is 0.484. The summed E-state index contributed by atoms with van der Waals surface area (Å²) in [6.45, 7) is 14.2. The van der Waals surface area contributed by atoms with Gasteiger partial charge in [0, 0.05) is 47.7 Å². The van der Waals surface area contributed by atoms with E-state index in [1.165, 1.54) is 0 Å². The van der Waals surface area contributed by atoms with Crippen molar-refractivity contribution in [2.75, 3.05) is 11.4 Å². The number of carbonyl (C=O) groups is 2. The number of amides is 2. The van der Waals surface area contributed by atoms with Crippen LogP contribution in [0.3, 0.4) is 0 Å². The Labute approximate surface area is 227 Å². The molecule has 0 bridgehead atoms. The summed E-state index contributed by atoms with van der Waals surface area (Å²) in [4.78, 5) is 42.9. The van der Waals surface area contributed by atoms with Crippen molar-refractivity contribution < 1.29 is 14.3 Å². The van der Waals surface area contributed by atoms with Crippen molar-refractivity contribution in [1.29, 1.82) is 0 Å². The molecule has 0 atom stereocenters. The van der Waals surface area contributed by atoms with Gasteiger partial charge in [-0.1, -0.05) is 11.5 Å². The maximum atomic E-state index is 13.2. The first-order valence-electron chi connectivity index (χ1n) is 13.4. The third-order valence-corrected chi connectivity index (χ3v) is 7.08. The van der Waals surface area contributed by atoms with Gasteiger partial charge in [0.15, 0.2) is 0 Å². The minimum atomic E-state index is -0.524. The van der Waals surface area contributed by atoms with Gasteiger partial charge >= 0.3 is 6.09 Å². The van der Waals surface area contributed by atoms with Gasteiger partial charge in [-0.2, -0.15) is 0 Å². The van der Waals surface area contributed by atoms with Gasteiger partial charge in [0.1, 0.15) is 13.4 Å². The van der Waals surface area contributed by atoms with Crippen LogP contribution in [0.1, 0.15) is 86.1 Å². The van der Waals surface area contributed by atoms with Crippen molar-refractivity contribution in [2.24, 2.45) is 0 Å². The number of hydrogen-bond donors (Lipinski definition) is 3. The molecule has 0 spiro atoms. The molecule has 2 amide bonds. The van der Waals surface area contributed by atoms with E-state index in [0.29, 0.717) is 16.6 Å². The zero-order chi connectivity index (χ0) is 28.2. The molecule has 1 saturated carbocycles. The fraction of sp³-hybridized carbons (Fsp3) is 0.552. The van der Waals surface area contributed by atoms with E-state index in [1.807, 2.05) is 53.7 Å². The van der Waals surface area contributed by atoms with Crippen LogP contribution in [0.5, 0.6) is 0 Å². The zero-order valence-corrected chi connectivity index (χ0v) is 23.8. The number of benzene rings is 1. The predicted molar refractivity (Wildman–Crippen MR) is 153 cm³/mol. The number of pyridine rings is 1. The van der Waals surface area contributed by atoms with Crippen LogP contribution >= 0.6 is 0 Å². The summed E-state index contributed by atoms with van der Waals surface area (Å²) in [6, 6.07) is 5.85. The number of nitrogens with zero attached hydrogens (tertiary/aromatic N) is 1. The average Bonchev–Trinajstić information content (AvgIpc) is 2.80. The van der Waals surface area contributed by atoms with Gasteiger partial charge in [0.05, 0.1) is 0 Å². The molecule has 1 aromatic carbocycles. The Morgan fingerprint density at radius 1 is 1.11 bits per heavy atom. The summed E-state index contributed by atoms with van der Waals surface area (Å²) >= 11 is 0. The zero-order valence-electron chi connectivity index (χ0n) is 23.8. The molecule has 3 N–H and O–H groups in total. The Morgan fingerprint density at radius 2 is 1.76 bits per heavy atom. The van der Waals surface area contributed by atoms with Crippen LogP contribution in [0.2, 0.25) is 0 Å². The van der Waals surface area contributed by atoms with E-state index < -0.39 is 5.60 Å². The highest BCUT2D eigenvalue weighted by atomic mass is 16.6. The molecule has 3 rings (SSSR count). The van der Waals surface area contributed by atoms with Crippen molar-refractivity contribution in [1.82, 2.24) is 15.6 Å². The van der Waals surface area contributed by atoms with Crippen molar-refractivity contribution >= 4 is 31.0 Å². The summed E-state index contributed by atoms with van der Waals surface area (Å²) in [5.74, 6) is -0.267. The smallest absolute Gasteiger partial charge is 0.407 e. The van der Waals surface area contributed by atoms with Crippen molar-refractivity contribution in [2.45, 2.75) is 98.4 Å². The van der Waals surface area contributed by atoms with Crippen molar-refractivity contribution in [3.8, 4) is 0 Å². The summed E-state index contributed by atoms with van der Waals surface area (Å²) in [6.07, 6.45) is 3.12. The van der Waals surface area contributed by atoms with Crippen LogP contribution in [0.15, 0.2) is 23.0 Å². The van der Waals surface area contributed by atoms with E-state index in [4.69, 9.17) is 12.6 Å². The molecule has 204 valence electrons. The Balaban J connectivity index is 1.71. The molecule has 1 aliphatic rings. The van der Waals surface area contributed by atoms with E-state index >= 15 is 0 Å². The van der Waals surface area contributed by atoms with Gasteiger partial charge in [0.25, 0.3) is 11.5 Å². The third-order valence-electron chi connectivity index (χ3n) is 7.08. The second-order valence-corrected chi connectivity index (χ2v) is 11.3. The molecule has 9 heteroatoms. The SMILES string of the molecule is [B]c1cc(C(=O)NCc2c(C)cc(C)[nH]c2=O)c(C)c(N(CC)C2CCC(NC(=O)OC(C)(C)C)CC2)c1. The number of aromatic nitrogens is 1. The summed E-state index contributed by atoms with van der Waals surface area (Å²) in [5.41, 5.74) is 4.24. The Bertz CT molecular complexity index is 1230. The van der Waals surface area contributed by atoms with Crippen molar-refractivity contribution in [3.63, 3.8) is 0 Å². The average molecular weight is 520 g/mol. The molecule has 1 heterocycles. The molecule has 0 saturated heterocycles. The predicted octanol–water partition coefficient (Wildman–Crippen LogP) is 3.69. The second kappa shape index (κ2) is 12.1. The lowest BCUT2D eigenvalue weighted by Crippen LogP contribution is -2.45. The molecule has 2 radical (unpaired) electrons. The number of alkyl carbamates (subject to hydrolysis) is 1. The number of aryl methyl sites for hydroxylation is 2. The first-order chi connectivity index (χ1) is 17.8. The number of hydrogen-bond acceptors (Lipinski definition) is 5. The first-order valence-corrected chi connectivity index (χ1v) is 13.4. The van der Waals surface area contributed by atoms with Gasteiger partial charge in [0.2, 0.25) is 0 Å². The molecule has 2 aromatic rings. The summed E-state index contributed by atoms with van der Waals surface area (Å²) in [7, 11) is 6.26. The van der Waals surface area contributed by atoms with E-state index in [-0.39, 0.29) is 36.2 Å². The molecular weight excluding hydrogens is 479 g/mol. The largest absolute Gasteiger partial charge is 0.444 e. The Hall–Kier alpha value is -3.23. The van der Waals surface area contributed by atoms with Gasteiger partial charge < -0.3 is 25.3 Å². The number of ether oxygens (including phenoxy) is 1. The fourth-order valence-corrected chi connectivity index (χ4v) is 5.25. The summed E-state index contributed by atoms with van der Waals surface area (Å²) < 4.78 is 5.40.